The molecule has 0 saturated carbocycles. The van der Waals surface area contributed by atoms with E-state index in [1.165, 1.54) is 6.26 Å². The smallest absolute Gasteiger partial charge is 0.410 e. The first-order chi connectivity index (χ1) is 15.4. The molecule has 1 aliphatic heterocycles. The van der Waals surface area contributed by atoms with Crippen molar-refractivity contribution in [1.82, 2.24) is 9.88 Å². The molecular weight excluding hydrogens is 440 g/mol. The van der Waals surface area contributed by atoms with Gasteiger partial charge in [0.05, 0.1) is 16.8 Å². The van der Waals surface area contributed by atoms with Gasteiger partial charge in [-0.1, -0.05) is 6.07 Å². The van der Waals surface area contributed by atoms with Crippen molar-refractivity contribution in [2.45, 2.75) is 57.0 Å². The van der Waals surface area contributed by atoms with E-state index in [1.807, 2.05) is 33.8 Å². The van der Waals surface area contributed by atoms with Crippen LogP contribution < -0.4 is 0 Å². The molecule has 3 aromatic rings. The van der Waals surface area contributed by atoms with Crippen molar-refractivity contribution >= 4 is 26.9 Å². The molecule has 1 aromatic carbocycles. The maximum atomic E-state index is 12.3. The summed E-state index contributed by atoms with van der Waals surface area (Å²) in [4.78, 5) is 18.9. The van der Waals surface area contributed by atoms with Crippen LogP contribution >= 0.6 is 0 Å². The quantitative estimate of drug-likeness (QED) is 0.515. The summed E-state index contributed by atoms with van der Waals surface area (Å²) in [5.74, 6) is 1.13. The predicted octanol–water partition coefficient (Wildman–Crippen LogP) is 5.32. The van der Waals surface area contributed by atoms with Gasteiger partial charge in [-0.2, -0.15) is 0 Å². The van der Waals surface area contributed by atoms with Gasteiger partial charge < -0.3 is 14.1 Å². The molecule has 1 aliphatic rings. The minimum Gasteiger partial charge on any atom is -0.459 e. The van der Waals surface area contributed by atoms with Crippen LogP contribution in [-0.2, 0) is 14.6 Å². The molecule has 0 radical (unpaired) electrons. The zero-order valence-electron chi connectivity index (χ0n) is 19.7. The van der Waals surface area contributed by atoms with Crippen LogP contribution in [0.5, 0.6) is 0 Å². The highest BCUT2D eigenvalue weighted by molar-refractivity contribution is 7.90. The van der Waals surface area contributed by atoms with Crippen LogP contribution in [0.3, 0.4) is 0 Å². The molecule has 1 fully saturated rings. The van der Waals surface area contributed by atoms with Crippen molar-refractivity contribution in [2.75, 3.05) is 19.3 Å². The number of hydrogen-bond donors (Lipinski definition) is 0. The number of fused-ring (bicyclic) bond motifs is 1. The van der Waals surface area contributed by atoms with Crippen LogP contribution in [0.15, 0.2) is 45.8 Å². The number of sulfone groups is 1. The summed E-state index contributed by atoms with van der Waals surface area (Å²) >= 11 is 0. The fourth-order valence-electron chi connectivity index (χ4n) is 4.14. The van der Waals surface area contributed by atoms with E-state index in [1.54, 1.807) is 29.3 Å². The van der Waals surface area contributed by atoms with Crippen LogP contribution in [-0.4, -0.2) is 49.3 Å². The van der Waals surface area contributed by atoms with E-state index in [0.717, 1.165) is 40.8 Å². The molecule has 4 rings (SSSR count). The van der Waals surface area contributed by atoms with Gasteiger partial charge in [-0.15, -0.1) is 0 Å². The van der Waals surface area contributed by atoms with Gasteiger partial charge in [-0.05, 0) is 70.4 Å². The van der Waals surface area contributed by atoms with Crippen molar-refractivity contribution < 1.29 is 22.4 Å². The molecule has 7 nitrogen and oxygen atoms in total. The molecule has 1 amide bonds. The van der Waals surface area contributed by atoms with E-state index in [4.69, 9.17) is 9.15 Å². The third kappa shape index (κ3) is 5.21. The summed E-state index contributed by atoms with van der Waals surface area (Å²) in [6, 6.07) is 9.11. The number of hydrogen-bond acceptors (Lipinski definition) is 6. The van der Waals surface area contributed by atoms with Gasteiger partial charge in [-0.25, -0.2) is 13.2 Å². The maximum absolute atomic E-state index is 12.3. The average molecular weight is 471 g/mol. The molecule has 2 aromatic heterocycles. The summed E-state index contributed by atoms with van der Waals surface area (Å²) in [6.07, 6.45) is 4.28. The lowest BCUT2D eigenvalue weighted by Crippen LogP contribution is -2.41. The summed E-state index contributed by atoms with van der Waals surface area (Å²) in [5, 5.41) is 0.955. The van der Waals surface area contributed by atoms with Gasteiger partial charge >= 0.3 is 6.09 Å². The highest BCUT2D eigenvalue weighted by Gasteiger charge is 2.29. The number of nitrogens with zero attached hydrogens (tertiary/aromatic N) is 2. The fraction of sp³-hybridized carbons (Fsp3) is 0.440. The van der Waals surface area contributed by atoms with Crippen molar-refractivity contribution in [3.8, 4) is 11.3 Å². The SMILES string of the molecule is Cc1cc(S(C)(=O)=O)ccc1-c1cc2cc(C3CCN(C(=O)OC(C)(C)C)CC3)oc2cn1. The monoisotopic (exact) mass is 470 g/mol. The Balaban J connectivity index is 1.51. The molecule has 0 bridgehead atoms. The second kappa shape index (κ2) is 8.48. The zero-order chi connectivity index (χ0) is 24.0. The van der Waals surface area contributed by atoms with E-state index in [0.29, 0.717) is 23.6 Å². The maximum Gasteiger partial charge on any atom is 0.410 e. The molecule has 0 atom stereocenters. The highest BCUT2D eigenvalue weighted by Crippen LogP contribution is 2.34. The lowest BCUT2D eigenvalue weighted by molar-refractivity contribution is 0.0200. The summed E-state index contributed by atoms with van der Waals surface area (Å²) in [7, 11) is -3.25. The molecule has 0 aliphatic carbocycles. The predicted molar refractivity (Wildman–Crippen MR) is 127 cm³/mol. The minimum atomic E-state index is -3.25. The Hall–Kier alpha value is -2.87. The molecule has 0 spiro atoms. The summed E-state index contributed by atoms with van der Waals surface area (Å²) < 4.78 is 35.2. The Kier molecular flexibility index (Phi) is 5.99. The Morgan fingerprint density at radius 3 is 2.45 bits per heavy atom. The standard InChI is InChI=1S/C25H30N2O5S/c1-16-12-19(33(5,29)30)6-7-20(16)21-13-18-14-22(31-23(18)15-26-21)17-8-10-27(11-9-17)24(28)32-25(2,3)4/h6-7,12-15,17H,8-11H2,1-5H3. The molecule has 0 unspecified atom stereocenters. The van der Waals surface area contributed by atoms with Crippen LogP contribution in [0, 0.1) is 6.92 Å². The normalized spacial score (nSPS) is 15.7. The number of rotatable bonds is 3. The number of amides is 1. The number of aryl methyl sites for hydroxylation is 1. The Morgan fingerprint density at radius 1 is 1.15 bits per heavy atom. The lowest BCUT2D eigenvalue weighted by Gasteiger charge is -2.32. The number of furan rings is 1. The minimum absolute atomic E-state index is 0.232. The van der Waals surface area contributed by atoms with Crippen LogP contribution in [0.1, 0.15) is 50.9 Å². The third-order valence-corrected chi connectivity index (χ3v) is 6.98. The van der Waals surface area contributed by atoms with Gasteiger partial charge in [0.15, 0.2) is 15.4 Å². The average Bonchev–Trinajstić information content (AvgIpc) is 3.15. The van der Waals surface area contributed by atoms with Crippen molar-refractivity contribution in [1.29, 1.82) is 0 Å². The largest absolute Gasteiger partial charge is 0.459 e. The molecule has 1 saturated heterocycles. The highest BCUT2D eigenvalue weighted by atomic mass is 32.2. The number of pyridine rings is 1. The van der Waals surface area contributed by atoms with E-state index in [9.17, 15) is 13.2 Å². The van der Waals surface area contributed by atoms with Crippen molar-refractivity contribution in [2.24, 2.45) is 0 Å². The Morgan fingerprint density at radius 2 is 1.85 bits per heavy atom. The number of piperidine rings is 1. The van der Waals surface area contributed by atoms with Gasteiger partial charge in [0.1, 0.15) is 11.4 Å². The third-order valence-electron chi connectivity index (χ3n) is 5.87. The number of benzene rings is 1. The molecular formula is C25H30N2O5S. The number of carbonyl (C=O) groups is 1. The van der Waals surface area contributed by atoms with Crippen LogP contribution in [0.4, 0.5) is 4.79 Å². The zero-order valence-corrected chi connectivity index (χ0v) is 20.5. The Bertz CT molecular complexity index is 1300. The van der Waals surface area contributed by atoms with Crippen molar-refractivity contribution in [3.05, 3.63) is 47.9 Å². The first-order valence-electron chi connectivity index (χ1n) is 11.1. The second-order valence-electron chi connectivity index (χ2n) is 9.75. The lowest BCUT2D eigenvalue weighted by atomic mass is 9.94. The number of ether oxygens (including phenoxy) is 1. The number of likely N-dealkylation sites (tertiary alicyclic amines) is 1. The van der Waals surface area contributed by atoms with Gasteiger partial charge in [0.2, 0.25) is 0 Å². The van der Waals surface area contributed by atoms with E-state index in [-0.39, 0.29) is 12.0 Å². The van der Waals surface area contributed by atoms with E-state index < -0.39 is 15.4 Å². The summed E-state index contributed by atoms with van der Waals surface area (Å²) in [5.41, 5.74) is 2.72. The summed E-state index contributed by atoms with van der Waals surface area (Å²) in [6.45, 7) is 8.76. The van der Waals surface area contributed by atoms with Crippen LogP contribution in [0.25, 0.3) is 22.2 Å². The fourth-order valence-corrected chi connectivity index (χ4v) is 4.85. The molecule has 0 N–H and O–H groups in total. The van der Waals surface area contributed by atoms with E-state index in [2.05, 4.69) is 11.1 Å². The number of carbonyl (C=O) groups excluding carboxylic acids is 1. The van der Waals surface area contributed by atoms with E-state index >= 15 is 0 Å². The number of aromatic nitrogens is 1. The first-order valence-corrected chi connectivity index (χ1v) is 13.0. The topological polar surface area (TPSA) is 89.7 Å². The van der Waals surface area contributed by atoms with Crippen LogP contribution in [0.2, 0.25) is 0 Å². The van der Waals surface area contributed by atoms with Gasteiger partial charge in [-0.3, -0.25) is 4.98 Å². The van der Waals surface area contributed by atoms with Gasteiger partial charge in [0.25, 0.3) is 0 Å². The molecule has 3 heterocycles. The Labute approximate surface area is 194 Å². The molecule has 33 heavy (non-hydrogen) atoms. The second-order valence-corrected chi connectivity index (χ2v) is 11.8. The van der Waals surface area contributed by atoms with Gasteiger partial charge in [0, 0.05) is 36.2 Å². The van der Waals surface area contributed by atoms with Crippen molar-refractivity contribution in [3.63, 3.8) is 0 Å². The first kappa shape index (κ1) is 23.3. The molecule has 176 valence electrons. The molecule has 8 heteroatoms.